The molecule has 1 aromatic carbocycles. The van der Waals surface area contributed by atoms with Crippen LogP contribution in [-0.4, -0.2) is 10.5 Å². The molecular weight excluding hydrogens is 176 g/mol. The van der Waals surface area contributed by atoms with Crippen LogP contribution in [0.4, 0.5) is 0 Å². The molecular formula is C11H8N2O. The SMILES string of the molecule is CC(=O)n1ccc2cc(C#N)ccc21. The second kappa shape index (κ2) is 3.00. The zero-order chi connectivity index (χ0) is 10.1. The fraction of sp³-hybridized carbons (Fsp3) is 0.0909. The minimum Gasteiger partial charge on any atom is -0.287 e. The number of hydrogen-bond acceptors (Lipinski definition) is 2. The van der Waals surface area contributed by atoms with Crippen molar-refractivity contribution in [1.82, 2.24) is 4.57 Å². The Hall–Kier alpha value is -2.08. The lowest BCUT2D eigenvalue weighted by molar-refractivity contribution is 0.0941. The van der Waals surface area contributed by atoms with Gasteiger partial charge in [0.2, 0.25) is 5.91 Å². The van der Waals surface area contributed by atoms with E-state index in [0.717, 1.165) is 10.9 Å². The molecule has 0 amide bonds. The summed E-state index contributed by atoms with van der Waals surface area (Å²) in [6.45, 7) is 1.51. The van der Waals surface area contributed by atoms with Crippen molar-refractivity contribution in [3.8, 4) is 6.07 Å². The first-order valence-corrected chi connectivity index (χ1v) is 4.24. The summed E-state index contributed by atoms with van der Waals surface area (Å²) in [6.07, 6.45) is 1.72. The molecule has 14 heavy (non-hydrogen) atoms. The fourth-order valence-electron chi connectivity index (χ4n) is 1.49. The second-order valence-corrected chi connectivity index (χ2v) is 3.09. The molecule has 0 spiro atoms. The van der Waals surface area contributed by atoms with Gasteiger partial charge in [0.05, 0.1) is 17.1 Å². The van der Waals surface area contributed by atoms with Gasteiger partial charge in [0.25, 0.3) is 0 Å². The Morgan fingerprint density at radius 3 is 2.86 bits per heavy atom. The molecule has 2 aromatic rings. The molecule has 0 unspecified atom stereocenters. The topological polar surface area (TPSA) is 45.8 Å². The van der Waals surface area contributed by atoms with Crippen molar-refractivity contribution in [3.63, 3.8) is 0 Å². The van der Waals surface area contributed by atoms with Crippen molar-refractivity contribution in [2.24, 2.45) is 0 Å². The van der Waals surface area contributed by atoms with Crippen LogP contribution in [0.15, 0.2) is 30.5 Å². The minimum atomic E-state index is -0.0234. The molecule has 68 valence electrons. The summed E-state index contributed by atoms with van der Waals surface area (Å²) in [7, 11) is 0. The smallest absolute Gasteiger partial charge is 0.227 e. The van der Waals surface area contributed by atoms with Crippen molar-refractivity contribution in [3.05, 3.63) is 36.0 Å². The third-order valence-electron chi connectivity index (χ3n) is 2.16. The molecule has 2 rings (SSSR count). The molecule has 1 aromatic heterocycles. The maximum atomic E-state index is 11.2. The van der Waals surface area contributed by atoms with Crippen LogP contribution in [0.2, 0.25) is 0 Å². The largest absolute Gasteiger partial charge is 0.287 e. The van der Waals surface area contributed by atoms with E-state index < -0.39 is 0 Å². The maximum Gasteiger partial charge on any atom is 0.227 e. The average Bonchev–Trinajstić information content (AvgIpc) is 2.59. The van der Waals surface area contributed by atoms with E-state index in [9.17, 15) is 4.79 Å². The van der Waals surface area contributed by atoms with E-state index in [0.29, 0.717) is 5.56 Å². The standard InChI is InChI=1S/C11H8N2O/c1-8(14)13-5-4-10-6-9(7-12)2-3-11(10)13/h2-6H,1H3. The van der Waals surface area contributed by atoms with E-state index in [1.54, 1.807) is 29.0 Å². The highest BCUT2D eigenvalue weighted by Gasteiger charge is 2.04. The number of rotatable bonds is 0. The maximum absolute atomic E-state index is 11.2. The first-order valence-electron chi connectivity index (χ1n) is 4.24. The Bertz CT molecular complexity index is 546. The van der Waals surface area contributed by atoms with Crippen LogP contribution < -0.4 is 0 Å². The van der Waals surface area contributed by atoms with Crippen LogP contribution in [0.3, 0.4) is 0 Å². The van der Waals surface area contributed by atoms with Crippen LogP contribution in [0, 0.1) is 11.3 Å². The number of nitrogens with zero attached hydrogens (tertiary/aromatic N) is 2. The van der Waals surface area contributed by atoms with E-state index in [-0.39, 0.29) is 5.91 Å². The lowest BCUT2D eigenvalue weighted by Crippen LogP contribution is -2.02. The highest BCUT2D eigenvalue weighted by molar-refractivity contribution is 5.91. The van der Waals surface area contributed by atoms with Crippen LogP contribution >= 0.6 is 0 Å². The van der Waals surface area contributed by atoms with Gasteiger partial charge in [-0.05, 0) is 24.3 Å². The second-order valence-electron chi connectivity index (χ2n) is 3.09. The van der Waals surface area contributed by atoms with Crippen LogP contribution in [-0.2, 0) is 0 Å². The summed E-state index contributed by atoms with van der Waals surface area (Å²) >= 11 is 0. The summed E-state index contributed by atoms with van der Waals surface area (Å²) in [5.41, 5.74) is 1.45. The summed E-state index contributed by atoms with van der Waals surface area (Å²) in [5.74, 6) is -0.0234. The van der Waals surface area contributed by atoms with Gasteiger partial charge >= 0.3 is 0 Å². The number of carbonyl (C=O) groups is 1. The fourth-order valence-corrected chi connectivity index (χ4v) is 1.49. The Labute approximate surface area is 81.2 Å². The van der Waals surface area contributed by atoms with E-state index >= 15 is 0 Å². The Kier molecular flexibility index (Phi) is 1.83. The lowest BCUT2D eigenvalue weighted by Gasteiger charge is -1.98. The molecule has 0 bridgehead atoms. The molecule has 0 aliphatic carbocycles. The average molecular weight is 184 g/mol. The summed E-state index contributed by atoms with van der Waals surface area (Å²) in [4.78, 5) is 11.2. The van der Waals surface area contributed by atoms with Crippen molar-refractivity contribution in [2.45, 2.75) is 6.92 Å². The molecule has 0 aliphatic rings. The van der Waals surface area contributed by atoms with Gasteiger partial charge in [0.15, 0.2) is 0 Å². The Morgan fingerprint density at radius 2 is 2.21 bits per heavy atom. The van der Waals surface area contributed by atoms with Crippen LogP contribution in [0.5, 0.6) is 0 Å². The number of carbonyl (C=O) groups excluding carboxylic acids is 1. The molecule has 0 radical (unpaired) electrons. The van der Waals surface area contributed by atoms with Gasteiger partial charge in [-0.25, -0.2) is 0 Å². The zero-order valence-electron chi connectivity index (χ0n) is 7.69. The molecule has 1 heterocycles. The third kappa shape index (κ3) is 1.17. The van der Waals surface area contributed by atoms with Gasteiger partial charge in [-0.15, -0.1) is 0 Å². The molecule has 3 nitrogen and oxygen atoms in total. The van der Waals surface area contributed by atoms with E-state index in [1.165, 1.54) is 6.92 Å². The number of nitriles is 1. The van der Waals surface area contributed by atoms with Crippen molar-refractivity contribution in [2.75, 3.05) is 0 Å². The quantitative estimate of drug-likeness (QED) is 0.629. The van der Waals surface area contributed by atoms with E-state index in [2.05, 4.69) is 6.07 Å². The first kappa shape index (κ1) is 8.52. The van der Waals surface area contributed by atoms with Gasteiger partial charge in [-0.3, -0.25) is 9.36 Å². The number of fused-ring (bicyclic) bond motifs is 1. The van der Waals surface area contributed by atoms with Crippen molar-refractivity contribution < 1.29 is 4.79 Å². The molecule has 0 saturated heterocycles. The molecule has 0 aliphatic heterocycles. The normalized spacial score (nSPS) is 10.0. The summed E-state index contributed by atoms with van der Waals surface area (Å²) in [6, 6.07) is 9.16. The van der Waals surface area contributed by atoms with Crippen LogP contribution in [0.1, 0.15) is 17.3 Å². The number of benzene rings is 1. The zero-order valence-corrected chi connectivity index (χ0v) is 7.69. The first-order chi connectivity index (χ1) is 6.72. The van der Waals surface area contributed by atoms with Gasteiger partial charge in [-0.1, -0.05) is 0 Å². The predicted molar refractivity (Wildman–Crippen MR) is 53.0 cm³/mol. The number of aromatic nitrogens is 1. The minimum absolute atomic E-state index is 0.0234. The van der Waals surface area contributed by atoms with Crippen molar-refractivity contribution in [1.29, 1.82) is 5.26 Å². The predicted octanol–water partition coefficient (Wildman–Crippen LogP) is 2.17. The van der Waals surface area contributed by atoms with Crippen LogP contribution in [0.25, 0.3) is 10.9 Å². The summed E-state index contributed by atoms with van der Waals surface area (Å²) < 4.78 is 1.57. The summed E-state index contributed by atoms with van der Waals surface area (Å²) in [5, 5.41) is 9.61. The van der Waals surface area contributed by atoms with Gasteiger partial charge in [0.1, 0.15) is 0 Å². The van der Waals surface area contributed by atoms with Gasteiger partial charge < -0.3 is 0 Å². The number of hydrogen-bond donors (Lipinski definition) is 0. The molecule has 0 saturated carbocycles. The highest BCUT2D eigenvalue weighted by atomic mass is 16.1. The third-order valence-corrected chi connectivity index (χ3v) is 2.16. The Balaban J connectivity index is 2.73. The van der Waals surface area contributed by atoms with Crippen molar-refractivity contribution >= 4 is 16.8 Å². The monoisotopic (exact) mass is 184 g/mol. The molecule has 0 fully saturated rings. The Morgan fingerprint density at radius 1 is 1.43 bits per heavy atom. The van der Waals surface area contributed by atoms with E-state index in [4.69, 9.17) is 5.26 Å². The molecule has 0 atom stereocenters. The molecule has 3 heteroatoms. The lowest BCUT2D eigenvalue weighted by atomic mass is 10.2. The van der Waals surface area contributed by atoms with E-state index in [1.807, 2.05) is 6.07 Å². The van der Waals surface area contributed by atoms with Gasteiger partial charge in [-0.2, -0.15) is 5.26 Å². The van der Waals surface area contributed by atoms with Gasteiger partial charge in [0, 0.05) is 18.5 Å². The molecule has 0 N–H and O–H groups in total. The highest BCUT2D eigenvalue weighted by Crippen LogP contribution is 2.17.